The monoisotopic (exact) mass is 404 g/mol. The second-order valence-corrected chi connectivity index (χ2v) is 5.69. The fourth-order valence-electron chi connectivity index (χ4n) is 1.49. The summed E-state index contributed by atoms with van der Waals surface area (Å²) in [7, 11) is 0. The number of ketones is 1. The topological polar surface area (TPSA) is 26.3 Å². The molecule has 0 heterocycles. The number of carbonyl (C=O) groups excluding carboxylic acids is 1. The van der Waals surface area contributed by atoms with Gasteiger partial charge in [-0.05, 0) is 52.3 Å². The molecule has 0 amide bonds. The fourth-order valence-corrected chi connectivity index (χ4v) is 2.65. The van der Waals surface area contributed by atoms with Crippen molar-refractivity contribution in [1.82, 2.24) is 0 Å². The molecule has 0 aliphatic carbocycles. The molecule has 0 fully saturated rings. The second kappa shape index (κ2) is 6.45. The zero-order chi connectivity index (χ0) is 14.7. The number of ether oxygens (including phenoxy) is 1. The first-order valence-corrected chi connectivity index (χ1v) is 7.12. The van der Waals surface area contributed by atoms with Gasteiger partial charge in [0, 0.05) is 10.0 Å². The van der Waals surface area contributed by atoms with Crippen molar-refractivity contribution in [1.29, 1.82) is 0 Å². The molecule has 2 rings (SSSR count). The van der Waals surface area contributed by atoms with Crippen molar-refractivity contribution in [3.05, 3.63) is 62.5 Å². The molecule has 104 valence electrons. The molecular formula is C14H8Br2F2O2. The van der Waals surface area contributed by atoms with Crippen LogP contribution in [0.5, 0.6) is 5.75 Å². The highest BCUT2D eigenvalue weighted by Crippen LogP contribution is 2.28. The van der Waals surface area contributed by atoms with E-state index in [0.29, 0.717) is 10.2 Å². The lowest BCUT2D eigenvalue weighted by Gasteiger charge is -2.08. The van der Waals surface area contributed by atoms with Gasteiger partial charge in [-0.15, -0.1) is 0 Å². The van der Waals surface area contributed by atoms with Gasteiger partial charge in [0.05, 0.1) is 4.47 Å². The highest BCUT2D eigenvalue weighted by molar-refractivity contribution is 9.11. The molecule has 6 heteroatoms. The first-order chi connectivity index (χ1) is 9.47. The van der Waals surface area contributed by atoms with E-state index in [1.165, 1.54) is 6.07 Å². The molecule has 0 saturated carbocycles. The van der Waals surface area contributed by atoms with Gasteiger partial charge in [-0.25, -0.2) is 8.78 Å². The van der Waals surface area contributed by atoms with Gasteiger partial charge in [0.25, 0.3) is 0 Å². The van der Waals surface area contributed by atoms with E-state index in [1.54, 1.807) is 18.2 Å². The number of benzene rings is 2. The Labute approximate surface area is 131 Å². The summed E-state index contributed by atoms with van der Waals surface area (Å²) >= 11 is 6.60. The van der Waals surface area contributed by atoms with Gasteiger partial charge in [0.15, 0.2) is 24.0 Å². The lowest BCUT2D eigenvalue weighted by molar-refractivity contribution is 0.0920. The Morgan fingerprint density at radius 3 is 2.45 bits per heavy atom. The number of hydrogen-bond acceptors (Lipinski definition) is 2. The van der Waals surface area contributed by atoms with Gasteiger partial charge < -0.3 is 4.74 Å². The van der Waals surface area contributed by atoms with E-state index in [0.717, 1.165) is 16.6 Å². The summed E-state index contributed by atoms with van der Waals surface area (Å²) in [4.78, 5) is 11.8. The molecule has 0 radical (unpaired) electrons. The lowest BCUT2D eigenvalue weighted by Crippen LogP contribution is -2.12. The van der Waals surface area contributed by atoms with Crippen LogP contribution in [0.2, 0.25) is 0 Å². The maximum absolute atomic E-state index is 13.0. The molecule has 0 atom stereocenters. The Morgan fingerprint density at radius 2 is 1.80 bits per heavy atom. The third-order valence-electron chi connectivity index (χ3n) is 2.49. The Hall–Kier alpha value is -1.27. The quantitative estimate of drug-likeness (QED) is 0.686. The number of hydrogen-bond donors (Lipinski definition) is 0. The molecule has 2 nitrogen and oxygen atoms in total. The number of Topliss-reactive ketones (excluding diaryl/α,β-unsaturated/α-hetero) is 1. The van der Waals surface area contributed by atoms with Crippen LogP contribution in [0.3, 0.4) is 0 Å². The van der Waals surface area contributed by atoms with Crippen LogP contribution in [0.1, 0.15) is 10.4 Å². The summed E-state index contributed by atoms with van der Waals surface area (Å²) in [5.41, 5.74) is 0.0668. The Kier molecular flexibility index (Phi) is 4.88. The van der Waals surface area contributed by atoms with Gasteiger partial charge in [-0.3, -0.25) is 4.79 Å². The predicted octanol–water partition coefficient (Wildman–Crippen LogP) is 4.75. The highest BCUT2D eigenvalue weighted by atomic mass is 79.9. The van der Waals surface area contributed by atoms with Crippen LogP contribution in [-0.4, -0.2) is 12.4 Å². The summed E-state index contributed by atoms with van der Waals surface area (Å²) in [5.74, 6) is -1.98. The summed E-state index contributed by atoms with van der Waals surface area (Å²) in [5, 5.41) is 0. The molecule has 0 unspecified atom stereocenters. The zero-order valence-corrected chi connectivity index (χ0v) is 13.2. The first kappa shape index (κ1) is 15.1. The van der Waals surface area contributed by atoms with E-state index in [9.17, 15) is 13.6 Å². The predicted molar refractivity (Wildman–Crippen MR) is 78.0 cm³/mol. The van der Waals surface area contributed by atoms with Crippen LogP contribution in [0, 0.1) is 11.6 Å². The van der Waals surface area contributed by atoms with Crippen molar-refractivity contribution in [3.63, 3.8) is 0 Å². The van der Waals surface area contributed by atoms with Crippen LogP contribution < -0.4 is 4.74 Å². The molecule has 0 aliphatic rings. The Bertz CT molecular complexity index is 660. The van der Waals surface area contributed by atoms with Gasteiger partial charge >= 0.3 is 0 Å². The van der Waals surface area contributed by atoms with Gasteiger partial charge in [-0.2, -0.15) is 0 Å². The van der Waals surface area contributed by atoms with Crippen molar-refractivity contribution in [2.75, 3.05) is 6.61 Å². The standard InChI is InChI=1S/C14H8Br2F2O2/c15-9-2-4-14(10(16)6-9)20-7-13(19)8-1-3-11(17)12(18)5-8/h1-6H,7H2. The smallest absolute Gasteiger partial charge is 0.200 e. The minimum atomic E-state index is -1.05. The number of halogens is 4. The molecule has 0 N–H and O–H groups in total. The third-order valence-corrected chi connectivity index (χ3v) is 3.61. The SMILES string of the molecule is O=C(COc1ccc(Br)cc1Br)c1ccc(F)c(F)c1. The summed E-state index contributed by atoms with van der Waals surface area (Å²) < 4.78 is 32.7. The maximum Gasteiger partial charge on any atom is 0.200 e. The largest absolute Gasteiger partial charge is 0.484 e. The minimum absolute atomic E-state index is 0.0668. The van der Waals surface area contributed by atoms with Crippen molar-refractivity contribution in [2.45, 2.75) is 0 Å². The molecule has 2 aromatic carbocycles. The van der Waals surface area contributed by atoms with E-state index in [4.69, 9.17) is 4.74 Å². The van der Waals surface area contributed by atoms with E-state index in [2.05, 4.69) is 31.9 Å². The lowest BCUT2D eigenvalue weighted by atomic mass is 10.1. The summed E-state index contributed by atoms with van der Waals surface area (Å²) in [6.45, 7) is -0.259. The first-order valence-electron chi connectivity index (χ1n) is 5.53. The van der Waals surface area contributed by atoms with Crippen LogP contribution in [-0.2, 0) is 0 Å². The third kappa shape index (κ3) is 3.64. The van der Waals surface area contributed by atoms with Crippen molar-refractivity contribution in [3.8, 4) is 5.75 Å². The van der Waals surface area contributed by atoms with Crippen LogP contribution in [0.25, 0.3) is 0 Å². The normalized spacial score (nSPS) is 10.4. The molecule has 20 heavy (non-hydrogen) atoms. The zero-order valence-electron chi connectivity index (χ0n) is 10.00. The van der Waals surface area contributed by atoms with E-state index in [-0.39, 0.29) is 12.2 Å². The average molecular weight is 406 g/mol. The van der Waals surface area contributed by atoms with Crippen molar-refractivity contribution in [2.24, 2.45) is 0 Å². The van der Waals surface area contributed by atoms with Crippen molar-refractivity contribution >= 4 is 37.6 Å². The summed E-state index contributed by atoms with van der Waals surface area (Å²) in [6.07, 6.45) is 0. The molecule has 0 aromatic heterocycles. The van der Waals surface area contributed by atoms with Crippen molar-refractivity contribution < 1.29 is 18.3 Å². The van der Waals surface area contributed by atoms with Gasteiger partial charge in [0.1, 0.15) is 5.75 Å². The molecule has 0 bridgehead atoms. The average Bonchev–Trinajstić information content (AvgIpc) is 2.40. The Balaban J connectivity index is 2.06. The number of rotatable bonds is 4. The molecule has 0 spiro atoms. The minimum Gasteiger partial charge on any atom is -0.484 e. The fraction of sp³-hybridized carbons (Fsp3) is 0.0714. The molecule has 0 aliphatic heterocycles. The maximum atomic E-state index is 13.0. The van der Waals surface area contributed by atoms with E-state index >= 15 is 0 Å². The van der Waals surface area contributed by atoms with Crippen LogP contribution in [0.15, 0.2) is 45.3 Å². The number of carbonyl (C=O) groups is 1. The van der Waals surface area contributed by atoms with Gasteiger partial charge in [-0.1, -0.05) is 15.9 Å². The second-order valence-electron chi connectivity index (χ2n) is 3.92. The molecule has 0 saturated heterocycles. The Morgan fingerprint density at radius 1 is 1.05 bits per heavy atom. The van der Waals surface area contributed by atoms with Crippen LogP contribution >= 0.6 is 31.9 Å². The van der Waals surface area contributed by atoms with E-state index in [1.807, 2.05) is 0 Å². The highest BCUT2D eigenvalue weighted by Gasteiger charge is 2.11. The van der Waals surface area contributed by atoms with Crippen LogP contribution in [0.4, 0.5) is 8.78 Å². The summed E-state index contributed by atoms with van der Waals surface area (Å²) in [6, 6.07) is 8.22. The van der Waals surface area contributed by atoms with E-state index < -0.39 is 17.4 Å². The van der Waals surface area contributed by atoms with Gasteiger partial charge in [0.2, 0.25) is 0 Å². The molecular weight excluding hydrogens is 398 g/mol. The molecule has 2 aromatic rings.